The minimum atomic E-state index is -1.13. The van der Waals surface area contributed by atoms with Crippen LogP contribution in [0.5, 0.6) is 17.2 Å². The van der Waals surface area contributed by atoms with Gasteiger partial charge in [-0.1, -0.05) is 11.6 Å². The summed E-state index contributed by atoms with van der Waals surface area (Å²) in [6.07, 6.45) is 1.73. The zero-order chi connectivity index (χ0) is 25.5. The van der Waals surface area contributed by atoms with Gasteiger partial charge < -0.3 is 29.7 Å². The van der Waals surface area contributed by atoms with E-state index in [-0.39, 0.29) is 42.4 Å². The lowest BCUT2D eigenvalue weighted by molar-refractivity contribution is -0.0799. The van der Waals surface area contributed by atoms with Crippen LogP contribution >= 0.6 is 11.6 Å². The summed E-state index contributed by atoms with van der Waals surface area (Å²) in [4.78, 5) is 20.4. The molecule has 2 fully saturated rings. The fourth-order valence-corrected chi connectivity index (χ4v) is 5.25. The molecule has 1 spiro atoms. The van der Waals surface area contributed by atoms with Gasteiger partial charge in [-0.15, -0.1) is 0 Å². The fourth-order valence-electron chi connectivity index (χ4n) is 5.05. The SMILES string of the molecule is C[C@@]1(O)CON(C(=O)c2ccc(O)cc2OC[C@H](O)CN2CCC3(CC2)Cc2cc(Cl)ccc2O3)C1. The number of benzene rings is 2. The molecule has 2 aromatic carbocycles. The third kappa shape index (κ3) is 5.40. The van der Waals surface area contributed by atoms with Crippen LogP contribution in [0.4, 0.5) is 0 Å². The first kappa shape index (κ1) is 25.1. The third-order valence-electron chi connectivity index (χ3n) is 6.97. The number of β-amino-alcohol motifs (C(OH)–C–C–N with tert-alkyl or cyclic N) is 2. The Morgan fingerprint density at radius 3 is 2.72 bits per heavy atom. The summed E-state index contributed by atoms with van der Waals surface area (Å²) < 4.78 is 12.1. The zero-order valence-corrected chi connectivity index (χ0v) is 20.9. The zero-order valence-electron chi connectivity index (χ0n) is 20.2. The molecule has 0 bridgehead atoms. The first-order chi connectivity index (χ1) is 17.1. The van der Waals surface area contributed by atoms with Crippen LogP contribution in [0.15, 0.2) is 36.4 Å². The standard InChI is InChI=1S/C26H31ClN2O7/c1-25(33)15-29(35-16-25)24(32)21-4-3-19(30)11-23(21)34-14-20(31)13-28-8-6-26(7-9-28)12-17-10-18(27)2-5-22(17)36-26/h2-5,10-11,20,30-31,33H,6-9,12-16H2,1H3/t20-,25+/m1/s1. The van der Waals surface area contributed by atoms with Crippen LogP contribution < -0.4 is 9.47 Å². The molecule has 2 atom stereocenters. The molecule has 3 aliphatic heterocycles. The summed E-state index contributed by atoms with van der Waals surface area (Å²) >= 11 is 6.13. The molecular weight excluding hydrogens is 488 g/mol. The van der Waals surface area contributed by atoms with Gasteiger partial charge in [-0.3, -0.25) is 9.63 Å². The summed E-state index contributed by atoms with van der Waals surface area (Å²) in [6.45, 7) is 3.53. The van der Waals surface area contributed by atoms with Crippen molar-refractivity contribution in [1.29, 1.82) is 0 Å². The number of halogens is 1. The topological polar surface area (TPSA) is 112 Å². The number of hydrogen-bond acceptors (Lipinski definition) is 8. The van der Waals surface area contributed by atoms with Crippen LogP contribution in [0.25, 0.3) is 0 Å². The van der Waals surface area contributed by atoms with E-state index >= 15 is 0 Å². The van der Waals surface area contributed by atoms with Crippen LogP contribution in [0.3, 0.4) is 0 Å². The number of rotatable bonds is 6. The van der Waals surface area contributed by atoms with E-state index < -0.39 is 17.6 Å². The van der Waals surface area contributed by atoms with Crippen LogP contribution in [0, 0.1) is 0 Å². The number of amides is 1. The lowest BCUT2D eigenvalue weighted by Gasteiger charge is -2.39. The summed E-state index contributed by atoms with van der Waals surface area (Å²) in [5.74, 6) is 0.492. The van der Waals surface area contributed by atoms with E-state index in [1.165, 1.54) is 18.2 Å². The predicted octanol–water partition coefficient (Wildman–Crippen LogP) is 2.39. The molecule has 194 valence electrons. The monoisotopic (exact) mass is 518 g/mol. The molecule has 0 radical (unpaired) electrons. The number of hydroxylamine groups is 2. The van der Waals surface area contributed by atoms with Crippen molar-refractivity contribution in [3.05, 3.63) is 52.5 Å². The fraction of sp³-hybridized carbons (Fsp3) is 0.500. The van der Waals surface area contributed by atoms with Crippen molar-refractivity contribution in [2.24, 2.45) is 0 Å². The van der Waals surface area contributed by atoms with Gasteiger partial charge in [0.15, 0.2) is 0 Å². The van der Waals surface area contributed by atoms with E-state index in [9.17, 15) is 20.1 Å². The van der Waals surface area contributed by atoms with Crippen LogP contribution in [-0.2, 0) is 11.3 Å². The average molecular weight is 519 g/mol. The highest BCUT2D eigenvalue weighted by Gasteiger charge is 2.42. The third-order valence-corrected chi connectivity index (χ3v) is 7.20. The molecule has 0 aliphatic carbocycles. The molecule has 2 aromatic rings. The second-order valence-electron chi connectivity index (χ2n) is 10.3. The highest BCUT2D eigenvalue weighted by molar-refractivity contribution is 6.30. The molecule has 5 rings (SSSR count). The normalized spacial score (nSPS) is 23.9. The molecule has 3 aliphatic rings. The van der Waals surface area contributed by atoms with Gasteiger partial charge in [0, 0.05) is 50.0 Å². The van der Waals surface area contributed by atoms with Crippen LogP contribution in [-0.4, -0.2) is 87.9 Å². The summed E-state index contributed by atoms with van der Waals surface area (Å²) in [7, 11) is 0. The van der Waals surface area contributed by atoms with Crippen molar-refractivity contribution in [2.75, 3.05) is 39.4 Å². The number of carbonyl (C=O) groups excluding carboxylic acids is 1. The molecular formula is C26H31ClN2O7. The highest BCUT2D eigenvalue weighted by atomic mass is 35.5. The van der Waals surface area contributed by atoms with E-state index in [0.717, 1.165) is 48.7 Å². The van der Waals surface area contributed by atoms with Gasteiger partial charge in [-0.25, -0.2) is 5.06 Å². The number of ether oxygens (including phenoxy) is 2. The van der Waals surface area contributed by atoms with Gasteiger partial charge >= 0.3 is 0 Å². The molecule has 9 nitrogen and oxygen atoms in total. The van der Waals surface area contributed by atoms with E-state index in [0.29, 0.717) is 11.6 Å². The average Bonchev–Trinajstić information content (AvgIpc) is 3.38. The number of piperidine rings is 1. The lowest BCUT2D eigenvalue weighted by Crippen LogP contribution is -2.49. The maximum absolute atomic E-state index is 12.9. The summed E-state index contributed by atoms with van der Waals surface area (Å²) in [5.41, 5.74) is -0.0280. The Bertz CT molecular complexity index is 1130. The van der Waals surface area contributed by atoms with Crippen molar-refractivity contribution in [1.82, 2.24) is 9.96 Å². The van der Waals surface area contributed by atoms with Gasteiger partial charge in [0.25, 0.3) is 5.91 Å². The number of fused-ring (bicyclic) bond motifs is 1. The van der Waals surface area contributed by atoms with E-state index in [1.807, 2.05) is 18.2 Å². The molecule has 0 saturated carbocycles. The van der Waals surface area contributed by atoms with Crippen molar-refractivity contribution < 1.29 is 34.4 Å². The van der Waals surface area contributed by atoms with Crippen molar-refractivity contribution in [2.45, 2.75) is 43.5 Å². The maximum Gasteiger partial charge on any atom is 0.281 e. The molecule has 2 saturated heterocycles. The Balaban J connectivity index is 1.14. The summed E-state index contributed by atoms with van der Waals surface area (Å²) in [5, 5.41) is 32.4. The van der Waals surface area contributed by atoms with Gasteiger partial charge in [0.05, 0.1) is 12.1 Å². The number of carbonyl (C=O) groups is 1. The van der Waals surface area contributed by atoms with Gasteiger partial charge in [-0.2, -0.15) is 0 Å². The van der Waals surface area contributed by atoms with Crippen LogP contribution in [0.2, 0.25) is 5.02 Å². The predicted molar refractivity (Wildman–Crippen MR) is 131 cm³/mol. The largest absolute Gasteiger partial charge is 0.508 e. The number of phenols is 1. The highest BCUT2D eigenvalue weighted by Crippen LogP contribution is 2.42. The maximum atomic E-state index is 12.9. The molecule has 1 amide bonds. The summed E-state index contributed by atoms with van der Waals surface area (Å²) in [6, 6.07) is 9.90. The minimum Gasteiger partial charge on any atom is -0.508 e. The second-order valence-corrected chi connectivity index (χ2v) is 10.7. The second kappa shape index (κ2) is 9.72. The number of aliphatic hydroxyl groups is 2. The smallest absolute Gasteiger partial charge is 0.281 e. The number of likely N-dealkylation sites (tertiary alicyclic amines) is 1. The Morgan fingerprint density at radius 2 is 2.00 bits per heavy atom. The molecule has 3 heterocycles. The molecule has 0 aromatic heterocycles. The molecule has 36 heavy (non-hydrogen) atoms. The molecule has 0 unspecified atom stereocenters. The number of hydrogen-bond donors (Lipinski definition) is 3. The Labute approximate surface area is 214 Å². The van der Waals surface area contributed by atoms with Gasteiger partial charge in [0.2, 0.25) is 0 Å². The number of aliphatic hydroxyl groups excluding tert-OH is 1. The van der Waals surface area contributed by atoms with E-state index in [1.54, 1.807) is 6.92 Å². The quantitative estimate of drug-likeness (QED) is 0.534. The number of aromatic hydroxyl groups is 1. The number of phenolic OH excluding ortho intramolecular Hbond substituents is 1. The first-order valence-corrected chi connectivity index (χ1v) is 12.5. The minimum absolute atomic E-state index is 0.00766. The van der Waals surface area contributed by atoms with Crippen LogP contribution in [0.1, 0.15) is 35.7 Å². The lowest BCUT2D eigenvalue weighted by atomic mass is 9.87. The van der Waals surface area contributed by atoms with Gasteiger partial charge in [-0.05, 0) is 42.8 Å². The van der Waals surface area contributed by atoms with E-state index in [2.05, 4.69) is 4.90 Å². The molecule has 10 heteroatoms. The van der Waals surface area contributed by atoms with Crippen molar-refractivity contribution >= 4 is 17.5 Å². The Hall–Kier alpha value is -2.56. The molecule has 3 N–H and O–H groups in total. The van der Waals surface area contributed by atoms with E-state index in [4.69, 9.17) is 25.9 Å². The Morgan fingerprint density at radius 1 is 1.22 bits per heavy atom. The Kier molecular flexibility index (Phi) is 6.78. The van der Waals surface area contributed by atoms with Crippen molar-refractivity contribution in [3.63, 3.8) is 0 Å². The van der Waals surface area contributed by atoms with Gasteiger partial charge in [0.1, 0.15) is 47.8 Å². The van der Waals surface area contributed by atoms with Crippen molar-refractivity contribution in [3.8, 4) is 17.2 Å². The first-order valence-electron chi connectivity index (χ1n) is 12.1. The number of nitrogens with zero attached hydrogens (tertiary/aromatic N) is 2.